The molecule has 5 nitrogen and oxygen atoms in total. The second kappa shape index (κ2) is 13.6. The molecular formula is C31H55NO4S3. The third kappa shape index (κ3) is 5.98. The Morgan fingerprint density at radius 3 is 2.13 bits per heavy atom. The van der Waals surface area contributed by atoms with Crippen molar-refractivity contribution in [3.05, 3.63) is 41.0 Å². The summed E-state index contributed by atoms with van der Waals surface area (Å²) >= 11 is 0. The summed E-state index contributed by atoms with van der Waals surface area (Å²) in [7, 11) is 4.12. The summed E-state index contributed by atoms with van der Waals surface area (Å²) < 4.78 is 12.0. The van der Waals surface area contributed by atoms with E-state index in [1.54, 1.807) is 0 Å². The molecule has 226 valence electrons. The van der Waals surface area contributed by atoms with Crippen molar-refractivity contribution in [2.75, 3.05) is 32.2 Å². The predicted octanol–water partition coefficient (Wildman–Crippen LogP) is 6.84. The lowest BCUT2D eigenvalue weighted by atomic mass is 9.51. The van der Waals surface area contributed by atoms with Crippen LogP contribution in [0.25, 0.3) is 0 Å². The van der Waals surface area contributed by atoms with Crippen LogP contribution in [-0.4, -0.2) is 49.6 Å². The number of fused-ring (bicyclic) bond motifs is 4. The molecule has 0 aromatic heterocycles. The molecule has 0 unspecified atom stereocenters. The quantitative estimate of drug-likeness (QED) is 0.376. The molecule has 0 radical (unpaired) electrons. The van der Waals surface area contributed by atoms with Crippen molar-refractivity contribution in [2.24, 2.45) is 17.3 Å². The third-order valence-electron chi connectivity index (χ3n) is 9.75. The highest BCUT2D eigenvalue weighted by Gasteiger charge is 2.60. The topological polar surface area (TPSA) is 59.0 Å². The van der Waals surface area contributed by atoms with Gasteiger partial charge in [0.05, 0.1) is 18.8 Å². The Morgan fingerprint density at radius 2 is 1.54 bits per heavy atom. The number of hydrogen-bond donors (Lipinski definition) is 1. The number of aliphatic hydroxyl groups is 1. The number of rotatable bonds is 2. The van der Waals surface area contributed by atoms with Crippen LogP contribution in [0, 0.1) is 17.3 Å². The number of hydrogen-bond acceptors (Lipinski definition) is 5. The van der Waals surface area contributed by atoms with E-state index in [1.807, 2.05) is 0 Å². The number of carbonyl (C=O) groups excluding carboxylic acids is 1. The molecule has 1 aromatic rings. The lowest BCUT2D eigenvalue weighted by Gasteiger charge is -2.55. The van der Waals surface area contributed by atoms with E-state index >= 15 is 0 Å². The van der Waals surface area contributed by atoms with Crippen LogP contribution in [-0.2, 0) is 14.3 Å². The normalized spacial score (nSPS) is 33.3. The zero-order valence-corrected chi connectivity index (χ0v) is 24.7. The van der Waals surface area contributed by atoms with E-state index in [-0.39, 0.29) is 74.1 Å². The number of anilines is 1. The number of carbonyl (C=O) groups is 1. The number of ether oxygens (including phenoxy) is 2. The van der Waals surface area contributed by atoms with E-state index in [1.165, 1.54) is 22.4 Å². The van der Waals surface area contributed by atoms with Gasteiger partial charge >= 0.3 is 0 Å². The van der Waals surface area contributed by atoms with Gasteiger partial charge in [-0.05, 0) is 67.2 Å². The van der Waals surface area contributed by atoms with Crippen LogP contribution in [0.15, 0.2) is 35.4 Å². The molecule has 0 amide bonds. The van der Waals surface area contributed by atoms with Gasteiger partial charge in [0, 0.05) is 50.4 Å². The average Bonchev–Trinajstić information content (AvgIpc) is 3.36. The average molecular weight is 602 g/mol. The van der Waals surface area contributed by atoms with E-state index in [4.69, 9.17) is 9.47 Å². The maximum Gasteiger partial charge on any atom is 0.171 e. The number of Topliss-reactive ketones (excluding diaryl/α,β-unsaturated/α-hetero) is 1. The Kier molecular flexibility index (Phi) is 13.3. The van der Waals surface area contributed by atoms with Gasteiger partial charge in [0.1, 0.15) is 5.78 Å². The summed E-state index contributed by atoms with van der Waals surface area (Å²) in [5, 5.41) is 12.0. The molecule has 1 aliphatic heterocycles. The van der Waals surface area contributed by atoms with Gasteiger partial charge < -0.3 is 19.5 Å². The van der Waals surface area contributed by atoms with Crippen molar-refractivity contribution >= 4 is 52.0 Å². The Hall–Kier alpha value is -0.640. The van der Waals surface area contributed by atoms with Gasteiger partial charge in [0.2, 0.25) is 0 Å². The molecule has 6 rings (SSSR count). The number of nitrogens with zero attached hydrogens (tertiary/aromatic N) is 1. The van der Waals surface area contributed by atoms with Crippen molar-refractivity contribution in [1.82, 2.24) is 0 Å². The smallest absolute Gasteiger partial charge is 0.171 e. The van der Waals surface area contributed by atoms with Crippen molar-refractivity contribution < 1.29 is 19.4 Å². The van der Waals surface area contributed by atoms with E-state index < -0.39 is 11.4 Å². The first-order valence-electron chi connectivity index (χ1n) is 12.8. The summed E-state index contributed by atoms with van der Waals surface area (Å²) in [6.07, 6.45) is 6.45. The van der Waals surface area contributed by atoms with Crippen LogP contribution < -0.4 is 4.90 Å². The van der Waals surface area contributed by atoms with Gasteiger partial charge in [-0.25, -0.2) is 0 Å². The second-order valence-corrected chi connectivity index (χ2v) is 11.6. The van der Waals surface area contributed by atoms with Gasteiger partial charge in [-0.3, -0.25) is 4.79 Å². The van der Waals surface area contributed by atoms with E-state index in [0.717, 1.165) is 38.5 Å². The molecule has 5 aliphatic rings. The molecule has 8 heteroatoms. The fourth-order valence-corrected chi connectivity index (χ4v) is 8.09. The van der Waals surface area contributed by atoms with E-state index in [9.17, 15) is 9.90 Å². The zero-order valence-electron chi connectivity index (χ0n) is 21.7. The monoisotopic (exact) mass is 601 g/mol. The van der Waals surface area contributed by atoms with Crippen LogP contribution in [0.4, 0.5) is 5.69 Å². The number of ketones is 1. The SMILES string of the molecule is C.C.C.CN(C)c1ccc([C@H]2C[C@]3(C)C(=O)CC[C@H]3[C@@H]3CC[C@@]4(O)CC5(CCC4=C32)OCCO5)cc1.S.S.S. The number of allylic oxidation sites excluding steroid dienone is 1. The van der Waals surface area contributed by atoms with Crippen molar-refractivity contribution in [3.8, 4) is 0 Å². The Balaban J connectivity index is 0.00000241. The van der Waals surface area contributed by atoms with Crippen LogP contribution in [0.5, 0.6) is 0 Å². The lowest BCUT2D eigenvalue weighted by molar-refractivity contribution is -0.208. The summed E-state index contributed by atoms with van der Waals surface area (Å²) in [6, 6.07) is 8.86. The molecule has 0 bridgehead atoms. The minimum absolute atomic E-state index is 0. The molecule has 1 N–H and O–H groups in total. The van der Waals surface area contributed by atoms with Crippen molar-refractivity contribution in [3.63, 3.8) is 0 Å². The molecule has 1 saturated heterocycles. The Bertz CT molecular complexity index is 1010. The van der Waals surface area contributed by atoms with Gasteiger partial charge in [-0.15, -0.1) is 0 Å². The first-order valence-corrected chi connectivity index (χ1v) is 12.8. The molecule has 1 aromatic carbocycles. The fraction of sp³-hybridized carbons (Fsp3) is 0.710. The molecule has 39 heavy (non-hydrogen) atoms. The van der Waals surface area contributed by atoms with Crippen LogP contribution in [0.2, 0.25) is 0 Å². The highest BCUT2D eigenvalue weighted by Crippen LogP contribution is 2.64. The standard InChI is InChI=1S/C28H37NO4.3CH4.3H2S/c1-26-16-21(18-4-6-19(7-5-18)29(2)3)25-20(22(26)8-9-24(26)30)10-12-27(31)17-28(13-11-23(25)27)32-14-15-33-28;;;;;;/h4-7,20-22,31H,8-17H2,1-3H3;3*1H4;3*1H2/t20-,21+,22-,26-,27+;;;;;;/m0....../s1. The molecule has 3 saturated carbocycles. The highest BCUT2D eigenvalue weighted by atomic mass is 32.1. The van der Waals surface area contributed by atoms with Crippen LogP contribution in [0.3, 0.4) is 0 Å². The maximum atomic E-state index is 13.1. The minimum Gasteiger partial charge on any atom is -0.385 e. The minimum atomic E-state index is -0.855. The molecule has 5 atom stereocenters. The van der Waals surface area contributed by atoms with Crippen LogP contribution in [0.1, 0.15) is 92.1 Å². The van der Waals surface area contributed by atoms with Gasteiger partial charge in [-0.2, -0.15) is 40.5 Å². The maximum absolute atomic E-state index is 13.1. The van der Waals surface area contributed by atoms with Crippen molar-refractivity contribution in [2.45, 2.75) is 97.9 Å². The van der Waals surface area contributed by atoms with E-state index in [0.29, 0.717) is 43.7 Å². The molecule has 4 aliphatic carbocycles. The Labute approximate surface area is 258 Å². The van der Waals surface area contributed by atoms with Gasteiger partial charge in [0.15, 0.2) is 5.79 Å². The lowest BCUT2D eigenvalue weighted by Crippen LogP contribution is -2.53. The van der Waals surface area contributed by atoms with Crippen LogP contribution >= 0.6 is 40.5 Å². The summed E-state index contributed by atoms with van der Waals surface area (Å²) in [5.74, 6) is 0.826. The summed E-state index contributed by atoms with van der Waals surface area (Å²) in [5.41, 5.74) is 4.05. The summed E-state index contributed by atoms with van der Waals surface area (Å²) in [4.78, 5) is 15.3. The van der Waals surface area contributed by atoms with E-state index in [2.05, 4.69) is 50.2 Å². The molecule has 1 spiro atoms. The largest absolute Gasteiger partial charge is 0.385 e. The first-order chi connectivity index (χ1) is 15.7. The molecular weight excluding hydrogens is 547 g/mol. The molecule has 1 heterocycles. The van der Waals surface area contributed by atoms with Gasteiger partial charge in [0.25, 0.3) is 0 Å². The second-order valence-electron chi connectivity index (χ2n) is 11.6. The third-order valence-corrected chi connectivity index (χ3v) is 9.75. The highest BCUT2D eigenvalue weighted by molar-refractivity contribution is 7.59. The zero-order chi connectivity index (χ0) is 23.0. The van der Waals surface area contributed by atoms with Crippen molar-refractivity contribution in [1.29, 1.82) is 0 Å². The van der Waals surface area contributed by atoms with Gasteiger partial charge in [-0.1, -0.05) is 46.9 Å². The predicted molar refractivity (Wildman–Crippen MR) is 178 cm³/mol. The fourth-order valence-electron chi connectivity index (χ4n) is 8.09. The summed E-state index contributed by atoms with van der Waals surface area (Å²) in [6.45, 7) is 3.47. The first kappa shape index (κ1) is 38.4. The molecule has 4 fully saturated rings. The number of benzene rings is 1. The Morgan fingerprint density at radius 1 is 0.923 bits per heavy atom.